The number of hydrogen-bond acceptors (Lipinski definition) is 3. The van der Waals surface area contributed by atoms with Crippen LogP contribution in [0.3, 0.4) is 0 Å². The summed E-state index contributed by atoms with van der Waals surface area (Å²) in [6, 6.07) is 5.20. The molecule has 2 aliphatic rings. The molecule has 1 N–H and O–H groups in total. The summed E-state index contributed by atoms with van der Waals surface area (Å²) >= 11 is 0. The maximum atomic E-state index is 14.1. The molecule has 3 rings (SSSR count). The third kappa shape index (κ3) is 4.36. The number of benzene rings is 1. The van der Waals surface area contributed by atoms with Gasteiger partial charge in [-0.3, -0.25) is 9.69 Å². The summed E-state index contributed by atoms with van der Waals surface area (Å²) in [4.78, 5) is 13.6. The maximum absolute atomic E-state index is 14.1. The molecule has 2 fully saturated rings. The molecule has 1 aromatic rings. The van der Waals surface area contributed by atoms with E-state index >= 15 is 0 Å². The average Bonchev–Trinajstić information content (AvgIpc) is 3.24. The second-order valence-corrected chi connectivity index (χ2v) is 6.46. The third-order valence-electron chi connectivity index (χ3n) is 4.71. The van der Waals surface area contributed by atoms with E-state index in [0.29, 0.717) is 23.8 Å². The average molecular weight is 343 g/mol. The van der Waals surface area contributed by atoms with E-state index in [1.54, 1.807) is 19.1 Å². The van der Waals surface area contributed by atoms with Crippen LogP contribution in [-0.2, 0) is 11.3 Å². The minimum Gasteiger partial charge on any atom is -0.497 e. The predicted molar refractivity (Wildman–Crippen MR) is 89.3 cm³/mol. The van der Waals surface area contributed by atoms with E-state index in [1.807, 2.05) is 0 Å². The zero-order valence-corrected chi connectivity index (χ0v) is 14.4. The third-order valence-corrected chi connectivity index (χ3v) is 4.71. The summed E-state index contributed by atoms with van der Waals surface area (Å²) < 4.78 is 19.1. The van der Waals surface area contributed by atoms with Crippen molar-refractivity contribution in [1.29, 1.82) is 0 Å². The molecule has 6 heteroatoms. The number of methoxy groups -OCH3 is 1. The predicted octanol–water partition coefficient (Wildman–Crippen LogP) is 2.60. The van der Waals surface area contributed by atoms with Gasteiger partial charge < -0.3 is 10.1 Å². The van der Waals surface area contributed by atoms with Gasteiger partial charge >= 0.3 is 0 Å². The monoisotopic (exact) mass is 342 g/mol. The SMILES string of the molecule is COc1ccc(CN2C[C@H](NC(C)=O)[C@@H](C3CC3)C2)c(F)c1.Cl. The Balaban J connectivity index is 0.00000192. The first-order valence-corrected chi connectivity index (χ1v) is 7.88. The molecular weight excluding hydrogens is 319 g/mol. The van der Waals surface area contributed by atoms with Gasteiger partial charge in [-0.05, 0) is 30.7 Å². The molecule has 1 saturated heterocycles. The van der Waals surface area contributed by atoms with Gasteiger partial charge in [-0.1, -0.05) is 6.07 Å². The van der Waals surface area contributed by atoms with Crippen molar-refractivity contribution in [1.82, 2.24) is 10.2 Å². The van der Waals surface area contributed by atoms with E-state index in [4.69, 9.17) is 4.74 Å². The lowest BCUT2D eigenvalue weighted by Crippen LogP contribution is -2.39. The van der Waals surface area contributed by atoms with Gasteiger partial charge in [0.25, 0.3) is 0 Å². The van der Waals surface area contributed by atoms with Gasteiger partial charge in [0.05, 0.1) is 7.11 Å². The van der Waals surface area contributed by atoms with Crippen molar-refractivity contribution in [2.24, 2.45) is 11.8 Å². The molecule has 1 aliphatic carbocycles. The van der Waals surface area contributed by atoms with Crippen molar-refractivity contribution in [3.63, 3.8) is 0 Å². The van der Waals surface area contributed by atoms with Gasteiger partial charge in [-0.15, -0.1) is 12.4 Å². The second-order valence-electron chi connectivity index (χ2n) is 6.46. The Bertz CT molecular complexity index is 566. The Morgan fingerprint density at radius 1 is 1.39 bits per heavy atom. The topological polar surface area (TPSA) is 41.6 Å². The molecule has 0 radical (unpaired) electrons. The van der Waals surface area contributed by atoms with Gasteiger partial charge in [-0.25, -0.2) is 4.39 Å². The molecule has 1 amide bonds. The number of amides is 1. The van der Waals surface area contributed by atoms with Crippen LogP contribution < -0.4 is 10.1 Å². The molecule has 0 aromatic heterocycles. The highest BCUT2D eigenvalue weighted by Gasteiger charge is 2.42. The van der Waals surface area contributed by atoms with Crippen LogP contribution in [0, 0.1) is 17.7 Å². The van der Waals surface area contributed by atoms with Gasteiger partial charge in [0.15, 0.2) is 0 Å². The second kappa shape index (κ2) is 7.49. The lowest BCUT2D eigenvalue weighted by molar-refractivity contribution is -0.119. The van der Waals surface area contributed by atoms with Crippen LogP contribution in [0.15, 0.2) is 18.2 Å². The fourth-order valence-corrected chi connectivity index (χ4v) is 3.48. The minimum absolute atomic E-state index is 0. The van der Waals surface area contributed by atoms with Crippen molar-refractivity contribution < 1.29 is 13.9 Å². The lowest BCUT2D eigenvalue weighted by atomic mass is 9.98. The number of halogens is 2. The van der Waals surface area contributed by atoms with Crippen molar-refractivity contribution in [2.45, 2.75) is 32.4 Å². The van der Waals surface area contributed by atoms with Crippen molar-refractivity contribution in [3.8, 4) is 5.75 Å². The summed E-state index contributed by atoms with van der Waals surface area (Å²) in [5, 5.41) is 3.07. The van der Waals surface area contributed by atoms with Crippen LogP contribution >= 0.6 is 12.4 Å². The molecule has 128 valence electrons. The number of rotatable bonds is 5. The van der Waals surface area contributed by atoms with Crippen LogP contribution in [0.25, 0.3) is 0 Å². The molecule has 1 aromatic carbocycles. The summed E-state index contributed by atoms with van der Waals surface area (Å²) in [7, 11) is 1.53. The zero-order chi connectivity index (χ0) is 15.7. The standard InChI is InChI=1S/C17H23FN2O2.ClH/c1-11(21)19-17-10-20(9-15(17)12-3-4-12)8-13-5-6-14(22-2)7-16(13)18;/h5-7,12,15,17H,3-4,8-10H2,1-2H3,(H,19,21);1H/t15-,17+;/m1./s1. The smallest absolute Gasteiger partial charge is 0.217 e. The Morgan fingerprint density at radius 3 is 2.70 bits per heavy atom. The first-order valence-electron chi connectivity index (χ1n) is 7.88. The fraction of sp³-hybridized carbons (Fsp3) is 0.588. The van der Waals surface area contributed by atoms with Crippen molar-refractivity contribution in [3.05, 3.63) is 29.6 Å². The first-order chi connectivity index (χ1) is 10.6. The Hall–Kier alpha value is -1.33. The summed E-state index contributed by atoms with van der Waals surface area (Å²) in [5.41, 5.74) is 0.679. The van der Waals surface area contributed by atoms with Crippen LogP contribution in [0.5, 0.6) is 5.75 Å². The molecular formula is C17H24ClFN2O2. The van der Waals surface area contributed by atoms with E-state index < -0.39 is 0 Å². The maximum Gasteiger partial charge on any atom is 0.217 e. The number of carbonyl (C=O) groups excluding carboxylic acids is 1. The molecule has 0 unspecified atom stereocenters. The molecule has 23 heavy (non-hydrogen) atoms. The number of likely N-dealkylation sites (tertiary alicyclic amines) is 1. The van der Waals surface area contributed by atoms with Crippen molar-refractivity contribution >= 4 is 18.3 Å². The molecule has 1 aliphatic heterocycles. The number of nitrogens with zero attached hydrogens (tertiary/aromatic N) is 1. The Labute approximate surface area is 142 Å². The van der Waals surface area contributed by atoms with Crippen molar-refractivity contribution in [2.75, 3.05) is 20.2 Å². The number of hydrogen-bond donors (Lipinski definition) is 1. The van der Waals surface area contributed by atoms with E-state index in [2.05, 4.69) is 10.2 Å². The highest BCUT2D eigenvalue weighted by atomic mass is 35.5. The highest BCUT2D eigenvalue weighted by Crippen LogP contribution is 2.41. The summed E-state index contributed by atoms with van der Waals surface area (Å²) in [6.45, 7) is 3.87. The number of carbonyl (C=O) groups is 1. The Kier molecular flexibility index (Phi) is 5.87. The van der Waals surface area contributed by atoms with Crippen LogP contribution in [0.2, 0.25) is 0 Å². The largest absolute Gasteiger partial charge is 0.497 e. The highest BCUT2D eigenvalue weighted by molar-refractivity contribution is 5.85. The lowest BCUT2D eigenvalue weighted by Gasteiger charge is -2.18. The van der Waals surface area contributed by atoms with Gasteiger partial charge in [-0.2, -0.15) is 0 Å². The Morgan fingerprint density at radius 2 is 2.13 bits per heavy atom. The molecule has 2 atom stereocenters. The van der Waals surface area contributed by atoms with Gasteiger partial charge in [0.1, 0.15) is 11.6 Å². The fourth-order valence-electron chi connectivity index (χ4n) is 3.48. The number of ether oxygens (including phenoxy) is 1. The number of nitrogens with one attached hydrogen (secondary N) is 1. The van der Waals surface area contributed by atoms with E-state index in [9.17, 15) is 9.18 Å². The molecule has 0 spiro atoms. The molecule has 1 saturated carbocycles. The van der Waals surface area contributed by atoms with Gasteiger partial charge in [0, 0.05) is 44.2 Å². The quantitative estimate of drug-likeness (QED) is 0.894. The minimum atomic E-state index is -0.231. The summed E-state index contributed by atoms with van der Waals surface area (Å²) in [6.07, 6.45) is 2.51. The molecule has 0 bridgehead atoms. The van der Waals surface area contributed by atoms with Crippen LogP contribution in [-0.4, -0.2) is 37.0 Å². The van der Waals surface area contributed by atoms with Crippen LogP contribution in [0.1, 0.15) is 25.3 Å². The first kappa shape index (κ1) is 18.0. The van der Waals surface area contributed by atoms with Gasteiger partial charge in [0.2, 0.25) is 5.91 Å². The van der Waals surface area contributed by atoms with E-state index in [0.717, 1.165) is 19.0 Å². The summed E-state index contributed by atoms with van der Waals surface area (Å²) in [5.74, 6) is 1.56. The molecule has 1 heterocycles. The van der Waals surface area contributed by atoms with E-state index in [1.165, 1.54) is 26.0 Å². The zero-order valence-electron chi connectivity index (χ0n) is 13.5. The molecule has 4 nitrogen and oxygen atoms in total. The van der Waals surface area contributed by atoms with Crippen LogP contribution in [0.4, 0.5) is 4.39 Å². The van der Waals surface area contributed by atoms with E-state index in [-0.39, 0.29) is 30.2 Å². The normalized spacial score (nSPS) is 24.1.